The van der Waals surface area contributed by atoms with E-state index in [1.165, 1.54) is 12.1 Å². The highest BCUT2D eigenvalue weighted by molar-refractivity contribution is 6.31. The van der Waals surface area contributed by atoms with Crippen LogP contribution in [0, 0.1) is 16.0 Å². The molecule has 5 nitrogen and oxygen atoms in total. The van der Waals surface area contributed by atoms with E-state index in [4.69, 9.17) is 16.7 Å². The average Bonchev–Trinajstić information content (AvgIpc) is 2.36. The van der Waals surface area contributed by atoms with Crippen LogP contribution in [0.5, 0.6) is 0 Å². The molecule has 2 N–H and O–H groups in total. The number of nitro benzene ring substituents is 1. The zero-order valence-corrected chi connectivity index (χ0v) is 11.7. The fourth-order valence-electron chi connectivity index (χ4n) is 2.00. The van der Waals surface area contributed by atoms with E-state index >= 15 is 0 Å². The van der Waals surface area contributed by atoms with Gasteiger partial charge in [-0.3, -0.25) is 10.1 Å². The Labute approximate surface area is 117 Å². The minimum Gasteiger partial charge on any atom is -0.396 e. The van der Waals surface area contributed by atoms with Crippen molar-refractivity contribution < 1.29 is 10.0 Å². The monoisotopic (exact) mass is 286 g/mol. The molecule has 0 aliphatic carbocycles. The van der Waals surface area contributed by atoms with Gasteiger partial charge in [0.2, 0.25) is 0 Å². The molecule has 0 amide bonds. The smallest absolute Gasteiger partial charge is 0.292 e. The Morgan fingerprint density at radius 1 is 1.47 bits per heavy atom. The van der Waals surface area contributed by atoms with Gasteiger partial charge in [0.15, 0.2) is 0 Å². The van der Waals surface area contributed by atoms with E-state index in [-0.39, 0.29) is 12.3 Å². The number of benzene rings is 1. The zero-order valence-electron chi connectivity index (χ0n) is 10.9. The minimum absolute atomic E-state index is 0.0173. The SMILES string of the molecule is CCCC(CCO)CNc1cc(Cl)ccc1[N+](=O)[O-]. The highest BCUT2D eigenvalue weighted by Gasteiger charge is 2.15. The number of anilines is 1. The summed E-state index contributed by atoms with van der Waals surface area (Å²) in [4.78, 5) is 10.5. The van der Waals surface area contributed by atoms with E-state index in [1.807, 2.05) is 0 Å². The van der Waals surface area contributed by atoms with Crippen molar-refractivity contribution in [2.24, 2.45) is 5.92 Å². The van der Waals surface area contributed by atoms with Crippen molar-refractivity contribution in [1.29, 1.82) is 0 Å². The zero-order chi connectivity index (χ0) is 14.3. The molecule has 1 aromatic carbocycles. The fourth-order valence-corrected chi connectivity index (χ4v) is 2.17. The Balaban J connectivity index is 2.74. The lowest BCUT2D eigenvalue weighted by Gasteiger charge is -2.16. The fraction of sp³-hybridized carbons (Fsp3) is 0.538. The van der Waals surface area contributed by atoms with Gasteiger partial charge >= 0.3 is 0 Å². The first-order valence-corrected chi connectivity index (χ1v) is 6.75. The van der Waals surface area contributed by atoms with Gasteiger partial charge in [-0.2, -0.15) is 0 Å². The molecule has 0 heterocycles. The first-order chi connectivity index (χ1) is 9.08. The van der Waals surface area contributed by atoms with Crippen molar-refractivity contribution in [2.75, 3.05) is 18.5 Å². The number of nitrogens with one attached hydrogen (secondary N) is 1. The summed E-state index contributed by atoms with van der Waals surface area (Å²) in [5.41, 5.74) is 0.445. The van der Waals surface area contributed by atoms with E-state index in [0.717, 1.165) is 12.8 Å². The summed E-state index contributed by atoms with van der Waals surface area (Å²) in [6.45, 7) is 2.80. The Kier molecular flexibility index (Phi) is 6.59. The molecule has 0 aromatic heterocycles. The molecule has 0 spiro atoms. The van der Waals surface area contributed by atoms with Crippen LogP contribution >= 0.6 is 11.6 Å². The van der Waals surface area contributed by atoms with Crippen LogP contribution in [0.1, 0.15) is 26.2 Å². The second kappa shape index (κ2) is 7.96. The molecule has 1 unspecified atom stereocenters. The molecule has 0 fully saturated rings. The Bertz CT molecular complexity index is 420. The molecule has 19 heavy (non-hydrogen) atoms. The summed E-state index contributed by atoms with van der Waals surface area (Å²) in [6, 6.07) is 4.45. The molecule has 0 aliphatic heterocycles. The van der Waals surface area contributed by atoms with Crippen LogP contribution in [-0.4, -0.2) is 23.2 Å². The maximum Gasteiger partial charge on any atom is 0.292 e. The Morgan fingerprint density at radius 2 is 2.21 bits per heavy atom. The Hall–Kier alpha value is -1.33. The van der Waals surface area contributed by atoms with Crippen LogP contribution in [0.3, 0.4) is 0 Å². The molecule has 0 radical (unpaired) electrons. The van der Waals surface area contributed by atoms with Crippen LogP contribution in [-0.2, 0) is 0 Å². The average molecular weight is 287 g/mol. The molecule has 1 rings (SSSR count). The van der Waals surface area contributed by atoms with Gasteiger partial charge < -0.3 is 10.4 Å². The highest BCUT2D eigenvalue weighted by atomic mass is 35.5. The molecule has 1 atom stereocenters. The van der Waals surface area contributed by atoms with Crippen molar-refractivity contribution in [2.45, 2.75) is 26.2 Å². The number of hydrogen-bond acceptors (Lipinski definition) is 4. The van der Waals surface area contributed by atoms with Gasteiger partial charge in [0, 0.05) is 24.2 Å². The Morgan fingerprint density at radius 3 is 2.79 bits per heavy atom. The standard InChI is InChI=1S/C13H19ClN2O3/c1-2-3-10(6-7-17)9-15-12-8-11(14)4-5-13(12)16(18)19/h4-5,8,10,15,17H,2-3,6-7,9H2,1H3. The maximum atomic E-state index is 10.9. The summed E-state index contributed by atoms with van der Waals surface area (Å²) in [7, 11) is 0. The topological polar surface area (TPSA) is 75.4 Å². The number of aliphatic hydroxyl groups is 1. The largest absolute Gasteiger partial charge is 0.396 e. The first kappa shape index (κ1) is 15.7. The first-order valence-electron chi connectivity index (χ1n) is 6.37. The van der Waals surface area contributed by atoms with E-state index in [0.29, 0.717) is 29.6 Å². The van der Waals surface area contributed by atoms with Crippen molar-refractivity contribution in [1.82, 2.24) is 0 Å². The van der Waals surface area contributed by atoms with Crippen LogP contribution in [0.25, 0.3) is 0 Å². The summed E-state index contributed by atoms with van der Waals surface area (Å²) >= 11 is 5.86. The minimum atomic E-state index is -0.431. The number of aliphatic hydroxyl groups excluding tert-OH is 1. The quantitative estimate of drug-likeness (QED) is 0.567. The molecular formula is C13H19ClN2O3. The van der Waals surface area contributed by atoms with Crippen LogP contribution in [0.15, 0.2) is 18.2 Å². The number of nitro groups is 1. The predicted octanol–water partition coefficient (Wildman–Crippen LogP) is 3.46. The molecule has 0 aliphatic rings. The van der Waals surface area contributed by atoms with Gasteiger partial charge in [0.1, 0.15) is 5.69 Å². The third-order valence-electron chi connectivity index (χ3n) is 2.97. The van der Waals surface area contributed by atoms with Crippen molar-refractivity contribution >= 4 is 23.0 Å². The lowest BCUT2D eigenvalue weighted by molar-refractivity contribution is -0.384. The number of hydrogen-bond donors (Lipinski definition) is 2. The molecule has 106 valence electrons. The number of halogens is 1. The van der Waals surface area contributed by atoms with E-state index in [2.05, 4.69) is 12.2 Å². The number of rotatable bonds is 8. The van der Waals surface area contributed by atoms with Crippen LogP contribution in [0.2, 0.25) is 5.02 Å². The van der Waals surface area contributed by atoms with E-state index < -0.39 is 4.92 Å². The predicted molar refractivity (Wildman–Crippen MR) is 76.7 cm³/mol. The summed E-state index contributed by atoms with van der Waals surface area (Å²) in [5.74, 6) is 0.300. The van der Waals surface area contributed by atoms with Gasteiger partial charge in [0.05, 0.1) is 4.92 Å². The van der Waals surface area contributed by atoms with Gasteiger partial charge in [-0.05, 0) is 30.9 Å². The molecule has 6 heteroatoms. The second-order valence-corrected chi connectivity index (χ2v) is 4.90. The van der Waals surface area contributed by atoms with Crippen molar-refractivity contribution in [3.63, 3.8) is 0 Å². The van der Waals surface area contributed by atoms with Crippen LogP contribution in [0.4, 0.5) is 11.4 Å². The van der Waals surface area contributed by atoms with Crippen LogP contribution < -0.4 is 5.32 Å². The van der Waals surface area contributed by atoms with Gasteiger partial charge in [-0.1, -0.05) is 24.9 Å². The number of nitrogens with zero attached hydrogens (tertiary/aromatic N) is 1. The molecule has 0 saturated carbocycles. The summed E-state index contributed by atoms with van der Waals surface area (Å²) in [6.07, 6.45) is 2.68. The lowest BCUT2D eigenvalue weighted by Crippen LogP contribution is -2.16. The summed E-state index contributed by atoms with van der Waals surface area (Å²) < 4.78 is 0. The lowest BCUT2D eigenvalue weighted by atomic mass is 10.00. The van der Waals surface area contributed by atoms with Crippen molar-refractivity contribution in [3.05, 3.63) is 33.3 Å². The molecule has 0 bridgehead atoms. The third-order valence-corrected chi connectivity index (χ3v) is 3.21. The maximum absolute atomic E-state index is 10.9. The van der Waals surface area contributed by atoms with Gasteiger partial charge in [0.25, 0.3) is 5.69 Å². The van der Waals surface area contributed by atoms with E-state index in [9.17, 15) is 10.1 Å². The molecule has 1 aromatic rings. The molecule has 0 saturated heterocycles. The van der Waals surface area contributed by atoms with E-state index in [1.54, 1.807) is 6.07 Å². The molecular weight excluding hydrogens is 268 g/mol. The normalized spacial score (nSPS) is 12.2. The van der Waals surface area contributed by atoms with Gasteiger partial charge in [-0.15, -0.1) is 0 Å². The van der Waals surface area contributed by atoms with Crippen molar-refractivity contribution in [3.8, 4) is 0 Å². The summed E-state index contributed by atoms with van der Waals surface area (Å²) in [5, 5.41) is 23.4. The highest BCUT2D eigenvalue weighted by Crippen LogP contribution is 2.28. The third kappa shape index (κ3) is 5.04. The van der Waals surface area contributed by atoms with Gasteiger partial charge in [-0.25, -0.2) is 0 Å². The second-order valence-electron chi connectivity index (χ2n) is 4.47.